The summed E-state index contributed by atoms with van der Waals surface area (Å²) in [6.45, 7) is 0.854. The van der Waals surface area contributed by atoms with E-state index in [1.165, 1.54) is 0 Å². The Morgan fingerprint density at radius 1 is 1.67 bits per heavy atom. The van der Waals surface area contributed by atoms with Crippen LogP contribution in [0.5, 0.6) is 0 Å². The monoisotopic (exact) mass is 129 g/mol. The molecular formula is C6H11NO2. The molecule has 9 heavy (non-hydrogen) atoms. The van der Waals surface area contributed by atoms with Gasteiger partial charge in [-0.1, -0.05) is 0 Å². The molecular weight excluding hydrogens is 118 g/mol. The summed E-state index contributed by atoms with van der Waals surface area (Å²) in [5, 5.41) is 8.20. The summed E-state index contributed by atoms with van der Waals surface area (Å²) in [5.41, 5.74) is 0. The van der Waals surface area contributed by atoms with Crippen molar-refractivity contribution in [3.8, 4) is 6.07 Å². The van der Waals surface area contributed by atoms with Gasteiger partial charge in [-0.2, -0.15) is 5.26 Å². The van der Waals surface area contributed by atoms with Gasteiger partial charge in [0.15, 0.2) is 0 Å². The Balaban J connectivity index is 0.000000640. The second-order valence-corrected chi connectivity index (χ2v) is 2.00. The molecule has 0 saturated carbocycles. The normalized spacial score (nSPS) is 24.6. The van der Waals surface area contributed by atoms with Crippen LogP contribution in [-0.4, -0.2) is 18.2 Å². The SMILES string of the molecule is N#CCC1CCCO1.O. The van der Waals surface area contributed by atoms with E-state index >= 15 is 0 Å². The topological polar surface area (TPSA) is 64.5 Å². The number of hydrogen-bond acceptors (Lipinski definition) is 2. The second kappa shape index (κ2) is 4.30. The van der Waals surface area contributed by atoms with Crippen molar-refractivity contribution in [1.29, 1.82) is 5.26 Å². The first kappa shape index (κ1) is 8.41. The average Bonchev–Trinajstić information content (AvgIpc) is 2.19. The van der Waals surface area contributed by atoms with Gasteiger partial charge in [-0.25, -0.2) is 0 Å². The third-order valence-electron chi connectivity index (χ3n) is 1.34. The predicted octanol–water partition coefficient (Wildman–Crippen LogP) is 0.254. The van der Waals surface area contributed by atoms with E-state index in [4.69, 9.17) is 10.00 Å². The van der Waals surface area contributed by atoms with Crippen molar-refractivity contribution in [3.05, 3.63) is 0 Å². The smallest absolute Gasteiger partial charge is 0.0705 e. The van der Waals surface area contributed by atoms with Crippen LogP contribution in [0.25, 0.3) is 0 Å². The lowest BCUT2D eigenvalue weighted by molar-refractivity contribution is 0.115. The molecule has 1 fully saturated rings. The molecule has 0 aromatic heterocycles. The quantitative estimate of drug-likeness (QED) is 0.509. The molecule has 0 amide bonds. The molecule has 1 unspecified atom stereocenters. The van der Waals surface area contributed by atoms with Crippen LogP contribution >= 0.6 is 0 Å². The third-order valence-corrected chi connectivity index (χ3v) is 1.34. The first-order chi connectivity index (χ1) is 3.93. The van der Waals surface area contributed by atoms with Crippen molar-refractivity contribution in [2.75, 3.05) is 6.61 Å². The standard InChI is InChI=1S/C6H9NO.H2O/c7-4-3-6-2-1-5-8-6;/h6H,1-3,5H2;1H2. The lowest BCUT2D eigenvalue weighted by atomic mass is 10.2. The number of hydrogen-bond donors (Lipinski definition) is 0. The van der Waals surface area contributed by atoms with E-state index in [9.17, 15) is 0 Å². The van der Waals surface area contributed by atoms with Crippen LogP contribution in [0.1, 0.15) is 19.3 Å². The molecule has 3 nitrogen and oxygen atoms in total. The number of rotatable bonds is 1. The minimum Gasteiger partial charge on any atom is -0.412 e. The average molecular weight is 129 g/mol. The molecule has 1 aliphatic rings. The maximum absolute atomic E-state index is 8.20. The highest BCUT2D eigenvalue weighted by atomic mass is 16.5. The summed E-state index contributed by atoms with van der Waals surface area (Å²) in [6, 6.07) is 2.08. The molecule has 1 rings (SSSR count). The van der Waals surface area contributed by atoms with Crippen LogP contribution in [0.15, 0.2) is 0 Å². The molecule has 0 radical (unpaired) electrons. The van der Waals surface area contributed by atoms with E-state index in [1.807, 2.05) is 0 Å². The van der Waals surface area contributed by atoms with E-state index < -0.39 is 0 Å². The van der Waals surface area contributed by atoms with E-state index in [2.05, 4.69) is 6.07 Å². The second-order valence-electron chi connectivity index (χ2n) is 2.00. The van der Waals surface area contributed by atoms with Crippen molar-refractivity contribution in [2.45, 2.75) is 25.4 Å². The molecule has 1 aliphatic heterocycles. The van der Waals surface area contributed by atoms with Crippen LogP contribution < -0.4 is 0 Å². The van der Waals surface area contributed by atoms with Gasteiger partial charge in [-0.15, -0.1) is 0 Å². The fourth-order valence-corrected chi connectivity index (χ4v) is 0.907. The zero-order valence-corrected chi connectivity index (χ0v) is 5.26. The molecule has 52 valence electrons. The fraction of sp³-hybridized carbons (Fsp3) is 0.833. The van der Waals surface area contributed by atoms with Gasteiger partial charge in [0.2, 0.25) is 0 Å². The maximum atomic E-state index is 8.20. The summed E-state index contributed by atoms with van der Waals surface area (Å²) >= 11 is 0. The van der Waals surface area contributed by atoms with Crippen molar-refractivity contribution in [1.82, 2.24) is 0 Å². The minimum absolute atomic E-state index is 0. The minimum atomic E-state index is 0. The maximum Gasteiger partial charge on any atom is 0.0705 e. The van der Waals surface area contributed by atoms with Gasteiger partial charge in [0.1, 0.15) is 0 Å². The molecule has 2 N–H and O–H groups in total. The molecule has 1 heterocycles. The van der Waals surface area contributed by atoms with Crippen LogP contribution in [0.4, 0.5) is 0 Å². The summed E-state index contributed by atoms with van der Waals surface area (Å²) in [7, 11) is 0. The van der Waals surface area contributed by atoms with Crippen LogP contribution in [0.2, 0.25) is 0 Å². The highest BCUT2D eigenvalue weighted by Crippen LogP contribution is 2.13. The highest BCUT2D eigenvalue weighted by Gasteiger charge is 2.13. The van der Waals surface area contributed by atoms with Crippen molar-refractivity contribution >= 4 is 0 Å². The van der Waals surface area contributed by atoms with E-state index in [1.54, 1.807) is 0 Å². The predicted molar refractivity (Wildman–Crippen MR) is 32.8 cm³/mol. The number of ether oxygens (including phenoxy) is 1. The first-order valence-corrected chi connectivity index (χ1v) is 2.92. The molecule has 0 bridgehead atoms. The molecule has 0 aromatic carbocycles. The van der Waals surface area contributed by atoms with E-state index in [0.29, 0.717) is 6.42 Å². The Kier molecular flexibility index (Phi) is 4.02. The largest absolute Gasteiger partial charge is 0.412 e. The first-order valence-electron chi connectivity index (χ1n) is 2.92. The lowest BCUT2D eigenvalue weighted by Crippen LogP contribution is -2.01. The Hall–Kier alpha value is -0.590. The highest BCUT2D eigenvalue weighted by molar-refractivity contribution is 4.78. The molecule has 3 heteroatoms. The molecule has 0 aliphatic carbocycles. The number of nitrogens with zero attached hydrogens (tertiary/aromatic N) is 1. The summed E-state index contributed by atoms with van der Waals surface area (Å²) in [4.78, 5) is 0. The molecule has 0 aromatic rings. The number of nitriles is 1. The van der Waals surface area contributed by atoms with Gasteiger partial charge in [0.05, 0.1) is 18.6 Å². The van der Waals surface area contributed by atoms with Gasteiger partial charge in [0, 0.05) is 6.61 Å². The summed E-state index contributed by atoms with van der Waals surface area (Å²) < 4.78 is 5.17. The zero-order valence-electron chi connectivity index (χ0n) is 5.26. The van der Waals surface area contributed by atoms with Crippen molar-refractivity contribution in [3.63, 3.8) is 0 Å². The fourth-order valence-electron chi connectivity index (χ4n) is 0.907. The Morgan fingerprint density at radius 3 is 2.89 bits per heavy atom. The van der Waals surface area contributed by atoms with Crippen LogP contribution in [0, 0.1) is 11.3 Å². The van der Waals surface area contributed by atoms with E-state index in [0.717, 1.165) is 19.4 Å². The summed E-state index contributed by atoms with van der Waals surface area (Å²) in [5.74, 6) is 0. The Bertz CT molecular complexity index is 102. The van der Waals surface area contributed by atoms with E-state index in [-0.39, 0.29) is 11.6 Å². The molecule has 0 spiro atoms. The lowest BCUT2D eigenvalue weighted by Gasteiger charge is -1.99. The third kappa shape index (κ3) is 2.45. The van der Waals surface area contributed by atoms with Gasteiger partial charge in [0.25, 0.3) is 0 Å². The van der Waals surface area contributed by atoms with Gasteiger partial charge in [-0.05, 0) is 12.8 Å². The zero-order chi connectivity index (χ0) is 5.82. The van der Waals surface area contributed by atoms with Crippen LogP contribution in [0.3, 0.4) is 0 Å². The van der Waals surface area contributed by atoms with Crippen molar-refractivity contribution in [2.24, 2.45) is 0 Å². The van der Waals surface area contributed by atoms with Gasteiger partial charge >= 0.3 is 0 Å². The van der Waals surface area contributed by atoms with Crippen LogP contribution in [-0.2, 0) is 4.74 Å². The molecule has 1 saturated heterocycles. The van der Waals surface area contributed by atoms with Crippen molar-refractivity contribution < 1.29 is 10.2 Å². The van der Waals surface area contributed by atoms with Gasteiger partial charge < -0.3 is 10.2 Å². The van der Waals surface area contributed by atoms with Gasteiger partial charge in [-0.3, -0.25) is 0 Å². The molecule has 1 atom stereocenters. The summed E-state index contributed by atoms with van der Waals surface area (Å²) in [6.07, 6.45) is 3.03. The Morgan fingerprint density at radius 2 is 2.44 bits per heavy atom. The Labute approximate surface area is 54.5 Å².